The van der Waals surface area contributed by atoms with Crippen LogP contribution < -0.4 is 4.72 Å². The second-order valence-corrected chi connectivity index (χ2v) is 6.95. The van der Waals surface area contributed by atoms with Gasteiger partial charge in [-0.15, -0.1) is 0 Å². The first-order valence-corrected chi connectivity index (χ1v) is 8.40. The Labute approximate surface area is 119 Å². The lowest BCUT2D eigenvalue weighted by molar-refractivity contribution is -0.143. The van der Waals surface area contributed by atoms with Crippen molar-refractivity contribution in [1.29, 1.82) is 0 Å². The fourth-order valence-electron chi connectivity index (χ4n) is 2.63. The molecule has 6 heteroatoms. The van der Waals surface area contributed by atoms with Crippen LogP contribution in [0.25, 0.3) is 0 Å². The summed E-state index contributed by atoms with van der Waals surface area (Å²) in [7, 11) is -3.51. The molecule has 0 heterocycles. The maximum atomic E-state index is 12.1. The summed E-state index contributed by atoms with van der Waals surface area (Å²) in [6.07, 6.45) is 2.83. The number of carboxylic acids is 1. The molecular weight excluding hydrogens is 278 g/mol. The molecule has 1 aliphatic carbocycles. The van der Waals surface area contributed by atoms with E-state index in [0.717, 1.165) is 12.8 Å². The van der Waals surface area contributed by atoms with E-state index >= 15 is 0 Å². The van der Waals surface area contributed by atoms with E-state index in [1.54, 1.807) is 24.3 Å². The number of sulfonamides is 1. The molecule has 0 spiro atoms. The highest BCUT2D eigenvalue weighted by Crippen LogP contribution is 2.25. The fourth-order valence-corrected chi connectivity index (χ4v) is 4.09. The molecular formula is C14H19NO4S. The third kappa shape index (κ3) is 4.05. The Balaban J connectivity index is 2.05. The summed E-state index contributed by atoms with van der Waals surface area (Å²) in [6, 6.07) is 8.39. The van der Waals surface area contributed by atoms with E-state index in [4.69, 9.17) is 5.11 Å². The van der Waals surface area contributed by atoms with Crippen LogP contribution in [-0.2, 0) is 20.6 Å². The van der Waals surface area contributed by atoms with E-state index in [2.05, 4.69) is 4.72 Å². The molecule has 1 aromatic carbocycles. The second-order valence-electron chi connectivity index (χ2n) is 5.20. The summed E-state index contributed by atoms with van der Waals surface area (Å²) in [5, 5.41) is 9.16. The van der Waals surface area contributed by atoms with Gasteiger partial charge in [0, 0.05) is 6.04 Å². The van der Waals surface area contributed by atoms with Gasteiger partial charge in [0.05, 0.1) is 11.7 Å². The largest absolute Gasteiger partial charge is 0.481 e. The van der Waals surface area contributed by atoms with Crippen LogP contribution in [0.15, 0.2) is 30.3 Å². The minimum atomic E-state index is -3.51. The summed E-state index contributed by atoms with van der Waals surface area (Å²) >= 11 is 0. The van der Waals surface area contributed by atoms with Crippen molar-refractivity contribution in [2.75, 3.05) is 0 Å². The van der Waals surface area contributed by atoms with Crippen LogP contribution in [0.4, 0.5) is 0 Å². The summed E-state index contributed by atoms with van der Waals surface area (Å²) in [5.41, 5.74) is 0.697. The van der Waals surface area contributed by atoms with Gasteiger partial charge in [0.1, 0.15) is 0 Å². The summed E-state index contributed by atoms with van der Waals surface area (Å²) in [6.45, 7) is 0. The Morgan fingerprint density at radius 2 is 1.85 bits per heavy atom. The maximum Gasteiger partial charge on any atom is 0.308 e. The number of nitrogens with one attached hydrogen (secondary N) is 1. The molecule has 0 bridgehead atoms. The Morgan fingerprint density at radius 1 is 1.20 bits per heavy atom. The lowest BCUT2D eigenvalue weighted by atomic mass is 9.85. The van der Waals surface area contributed by atoms with Gasteiger partial charge in [0.2, 0.25) is 10.0 Å². The van der Waals surface area contributed by atoms with Crippen LogP contribution in [0.5, 0.6) is 0 Å². The second kappa shape index (κ2) is 6.37. The Kier molecular flexibility index (Phi) is 4.77. The van der Waals surface area contributed by atoms with Crippen LogP contribution in [0.1, 0.15) is 31.2 Å². The average molecular weight is 297 g/mol. The average Bonchev–Trinajstić information content (AvgIpc) is 2.39. The van der Waals surface area contributed by atoms with Gasteiger partial charge in [-0.2, -0.15) is 0 Å². The zero-order chi connectivity index (χ0) is 14.6. The molecule has 2 atom stereocenters. The molecule has 0 aromatic heterocycles. The molecule has 110 valence electrons. The molecule has 1 aliphatic rings. The van der Waals surface area contributed by atoms with E-state index in [1.807, 2.05) is 6.07 Å². The van der Waals surface area contributed by atoms with Crippen molar-refractivity contribution in [3.63, 3.8) is 0 Å². The molecule has 2 N–H and O–H groups in total. The van der Waals surface area contributed by atoms with Crippen LogP contribution in [0.3, 0.4) is 0 Å². The van der Waals surface area contributed by atoms with Gasteiger partial charge in [-0.05, 0) is 18.4 Å². The lowest BCUT2D eigenvalue weighted by Gasteiger charge is -2.29. The van der Waals surface area contributed by atoms with Gasteiger partial charge in [-0.1, -0.05) is 43.2 Å². The molecule has 2 unspecified atom stereocenters. The SMILES string of the molecule is O=C(O)C1CCCCC1NS(=O)(=O)Cc1ccccc1. The zero-order valence-electron chi connectivity index (χ0n) is 11.2. The van der Waals surface area contributed by atoms with Gasteiger partial charge < -0.3 is 5.11 Å². The third-order valence-corrected chi connectivity index (χ3v) is 4.99. The van der Waals surface area contributed by atoms with Crippen molar-refractivity contribution in [2.45, 2.75) is 37.5 Å². The number of rotatable bonds is 5. The zero-order valence-corrected chi connectivity index (χ0v) is 12.0. The number of hydrogen-bond donors (Lipinski definition) is 2. The number of benzene rings is 1. The number of carboxylic acid groups (broad SMARTS) is 1. The molecule has 1 fully saturated rings. The molecule has 2 rings (SSSR count). The van der Waals surface area contributed by atoms with Crippen molar-refractivity contribution in [3.05, 3.63) is 35.9 Å². The monoisotopic (exact) mass is 297 g/mol. The maximum absolute atomic E-state index is 12.1. The van der Waals surface area contributed by atoms with E-state index in [9.17, 15) is 13.2 Å². The highest BCUT2D eigenvalue weighted by molar-refractivity contribution is 7.88. The van der Waals surface area contributed by atoms with Crippen LogP contribution in [0, 0.1) is 5.92 Å². The molecule has 1 aromatic rings. The lowest BCUT2D eigenvalue weighted by Crippen LogP contribution is -2.45. The first kappa shape index (κ1) is 15.0. The Morgan fingerprint density at radius 3 is 2.50 bits per heavy atom. The van der Waals surface area contributed by atoms with E-state index in [1.165, 1.54) is 0 Å². The fraction of sp³-hybridized carbons (Fsp3) is 0.500. The predicted octanol–water partition coefficient (Wildman–Crippen LogP) is 1.75. The minimum Gasteiger partial charge on any atom is -0.481 e. The van der Waals surface area contributed by atoms with Crippen molar-refractivity contribution >= 4 is 16.0 Å². The molecule has 0 saturated heterocycles. The number of hydrogen-bond acceptors (Lipinski definition) is 3. The Bertz CT molecular complexity index is 556. The van der Waals surface area contributed by atoms with Crippen molar-refractivity contribution in [2.24, 2.45) is 5.92 Å². The molecule has 20 heavy (non-hydrogen) atoms. The van der Waals surface area contributed by atoms with Crippen LogP contribution in [0.2, 0.25) is 0 Å². The van der Waals surface area contributed by atoms with Crippen molar-refractivity contribution < 1.29 is 18.3 Å². The van der Waals surface area contributed by atoms with Gasteiger partial charge in [-0.3, -0.25) is 4.79 Å². The topological polar surface area (TPSA) is 83.5 Å². The third-order valence-electron chi connectivity index (χ3n) is 3.61. The highest BCUT2D eigenvalue weighted by Gasteiger charge is 2.33. The minimum absolute atomic E-state index is 0.114. The summed E-state index contributed by atoms with van der Waals surface area (Å²) in [5.74, 6) is -1.65. The van der Waals surface area contributed by atoms with Crippen LogP contribution >= 0.6 is 0 Å². The number of carbonyl (C=O) groups is 1. The predicted molar refractivity (Wildman–Crippen MR) is 75.6 cm³/mol. The molecule has 0 amide bonds. The van der Waals surface area contributed by atoms with Gasteiger partial charge in [-0.25, -0.2) is 13.1 Å². The first-order valence-electron chi connectivity index (χ1n) is 6.75. The van der Waals surface area contributed by atoms with Crippen LogP contribution in [-0.4, -0.2) is 25.5 Å². The normalized spacial score (nSPS) is 23.4. The van der Waals surface area contributed by atoms with Crippen molar-refractivity contribution in [3.8, 4) is 0 Å². The van der Waals surface area contributed by atoms with Gasteiger partial charge in [0.15, 0.2) is 0 Å². The van der Waals surface area contributed by atoms with Gasteiger partial charge in [0.25, 0.3) is 0 Å². The standard InChI is InChI=1S/C14H19NO4S/c16-14(17)12-8-4-5-9-13(12)15-20(18,19)10-11-6-2-1-3-7-11/h1-3,6-7,12-13,15H,4-5,8-10H2,(H,16,17). The highest BCUT2D eigenvalue weighted by atomic mass is 32.2. The van der Waals surface area contributed by atoms with Gasteiger partial charge >= 0.3 is 5.97 Å². The first-order chi connectivity index (χ1) is 9.48. The quantitative estimate of drug-likeness (QED) is 0.867. The van der Waals surface area contributed by atoms with E-state index < -0.39 is 28.0 Å². The smallest absolute Gasteiger partial charge is 0.308 e. The molecule has 5 nitrogen and oxygen atoms in total. The number of aliphatic carboxylic acids is 1. The Hall–Kier alpha value is -1.40. The summed E-state index contributed by atoms with van der Waals surface area (Å²) < 4.78 is 26.8. The molecule has 1 saturated carbocycles. The molecule has 0 aliphatic heterocycles. The molecule has 0 radical (unpaired) electrons. The van der Waals surface area contributed by atoms with E-state index in [0.29, 0.717) is 18.4 Å². The summed E-state index contributed by atoms with van der Waals surface area (Å²) in [4.78, 5) is 11.2. The van der Waals surface area contributed by atoms with Crippen molar-refractivity contribution in [1.82, 2.24) is 4.72 Å². The van der Waals surface area contributed by atoms with E-state index in [-0.39, 0.29) is 5.75 Å².